The molecular weight excluding hydrogens is 284 g/mol. The minimum atomic E-state index is 0.470. The number of hydrogen-bond donors (Lipinski definition) is 0. The predicted molar refractivity (Wildman–Crippen MR) is 86.3 cm³/mol. The quantitative estimate of drug-likeness (QED) is 0.671. The van der Waals surface area contributed by atoms with Crippen LogP contribution in [0.3, 0.4) is 0 Å². The lowest BCUT2D eigenvalue weighted by atomic mass is 9.99. The largest absolute Gasteiger partial charge is 0.439 e. The van der Waals surface area contributed by atoms with Crippen LogP contribution >= 0.6 is 11.6 Å². The first kappa shape index (κ1) is 15.8. The zero-order valence-corrected chi connectivity index (χ0v) is 13.5. The molecule has 1 aromatic carbocycles. The Morgan fingerprint density at radius 2 is 1.86 bits per heavy atom. The van der Waals surface area contributed by atoms with Gasteiger partial charge in [-0.3, -0.25) is 0 Å². The van der Waals surface area contributed by atoms with E-state index in [1.807, 2.05) is 12.1 Å². The van der Waals surface area contributed by atoms with Crippen molar-refractivity contribution >= 4 is 11.6 Å². The van der Waals surface area contributed by atoms with Crippen LogP contribution < -0.4 is 4.74 Å². The molecule has 112 valence electrons. The van der Waals surface area contributed by atoms with Crippen molar-refractivity contribution in [3.8, 4) is 11.6 Å². The maximum absolute atomic E-state index is 6.13. The number of benzene rings is 1. The summed E-state index contributed by atoms with van der Waals surface area (Å²) in [6.07, 6.45) is 4.34. The van der Waals surface area contributed by atoms with Crippen LogP contribution in [0.1, 0.15) is 50.7 Å². The molecule has 0 aliphatic rings. The zero-order valence-electron chi connectivity index (χ0n) is 12.8. The molecule has 2 aromatic rings. The van der Waals surface area contributed by atoms with Gasteiger partial charge in [0, 0.05) is 0 Å². The summed E-state index contributed by atoms with van der Waals surface area (Å²) in [7, 11) is 0. The normalized spacial score (nSPS) is 12.2. The highest BCUT2D eigenvalue weighted by Crippen LogP contribution is 2.29. The molecule has 0 amide bonds. The Morgan fingerprint density at radius 3 is 2.48 bits per heavy atom. The third kappa shape index (κ3) is 3.94. The Bertz CT molecular complexity index is 584. The Hall–Kier alpha value is -1.61. The minimum Gasteiger partial charge on any atom is -0.439 e. The average Bonchev–Trinajstić information content (AvgIpc) is 2.51. The Labute approximate surface area is 131 Å². The molecule has 1 unspecified atom stereocenters. The molecule has 4 heteroatoms. The first-order valence-corrected chi connectivity index (χ1v) is 7.80. The van der Waals surface area contributed by atoms with E-state index in [2.05, 4.69) is 42.9 Å². The van der Waals surface area contributed by atoms with Gasteiger partial charge in [-0.2, -0.15) is 0 Å². The Kier molecular flexibility index (Phi) is 5.57. The fourth-order valence-electron chi connectivity index (χ4n) is 2.14. The third-order valence-electron chi connectivity index (χ3n) is 3.63. The first-order valence-electron chi connectivity index (χ1n) is 7.42. The minimum absolute atomic E-state index is 0.470. The van der Waals surface area contributed by atoms with Gasteiger partial charge in [-0.1, -0.05) is 50.9 Å². The second-order valence-corrected chi connectivity index (χ2v) is 5.54. The molecular formula is C17H21ClN2O. The predicted octanol–water partition coefficient (Wildman–Crippen LogP) is 5.39. The fraction of sp³-hybridized carbons (Fsp3) is 0.412. The highest BCUT2D eigenvalue weighted by Gasteiger charge is 2.11. The van der Waals surface area contributed by atoms with Gasteiger partial charge < -0.3 is 4.74 Å². The van der Waals surface area contributed by atoms with Gasteiger partial charge in [-0.15, -0.1) is 0 Å². The van der Waals surface area contributed by atoms with E-state index in [9.17, 15) is 0 Å². The smallest absolute Gasteiger partial charge is 0.226 e. The first-order chi connectivity index (χ1) is 10.2. The van der Waals surface area contributed by atoms with Crippen LogP contribution in [0, 0.1) is 0 Å². The van der Waals surface area contributed by atoms with Gasteiger partial charge in [0.1, 0.15) is 17.2 Å². The van der Waals surface area contributed by atoms with E-state index in [0.717, 1.165) is 30.6 Å². The molecule has 0 N–H and O–H groups in total. The van der Waals surface area contributed by atoms with Crippen LogP contribution in [-0.4, -0.2) is 9.97 Å². The summed E-state index contributed by atoms with van der Waals surface area (Å²) in [4.78, 5) is 8.23. The monoisotopic (exact) mass is 304 g/mol. The molecule has 0 saturated carbocycles. The van der Waals surface area contributed by atoms with Crippen LogP contribution in [0.15, 0.2) is 30.6 Å². The van der Waals surface area contributed by atoms with Gasteiger partial charge >= 0.3 is 0 Å². The van der Waals surface area contributed by atoms with Crippen LogP contribution in [0.2, 0.25) is 5.15 Å². The summed E-state index contributed by atoms with van der Waals surface area (Å²) >= 11 is 6.13. The summed E-state index contributed by atoms with van der Waals surface area (Å²) in [6.45, 7) is 6.50. The number of hydrogen-bond acceptors (Lipinski definition) is 3. The second kappa shape index (κ2) is 7.41. The number of aromatic nitrogens is 2. The molecule has 0 aliphatic heterocycles. The summed E-state index contributed by atoms with van der Waals surface area (Å²) in [5, 5.41) is 0.470. The highest BCUT2D eigenvalue weighted by molar-refractivity contribution is 6.30. The zero-order chi connectivity index (χ0) is 15.2. The molecule has 0 radical (unpaired) electrons. The van der Waals surface area contributed by atoms with Gasteiger partial charge in [-0.25, -0.2) is 9.97 Å². The molecule has 0 spiro atoms. The maximum Gasteiger partial charge on any atom is 0.226 e. The van der Waals surface area contributed by atoms with E-state index in [-0.39, 0.29) is 0 Å². The van der Waals surface area contributed by atoms with E-state index in [1.165, 1.54) is 11.9 Å². The lowest BCUT2D eigenvalue weighted by molar-refractivity contribution is 0.453. The van der Waals surface area contributed by atoms with Gasteiger partial charge in [0.2, 0.25) is 5.88 Å². The molecule has 21 heavy (non-hydrogen) atoms. The molecule has 0 fully saturated rings. The molecule has 0 bridgehead atoms. The SMILES string of the molecule is CCCc1c(Cl)ncnc1Oc1ccc(C(C)CC)cc1. The van der Waals surface area contributed by atoms with Crippen LogP contribution in [0.4, 0.5) is 0 Å². The van der Waals surface area contributed by atoms with Gasteiger partial charge in [0.25, 0.3) is 0 Å². The number of halogens is 1. The van der Waals surface area contributed by atoms with Gasteiger partial charge in [0.05, 0.1) is 5.56 Å². The maximum atomic E-state index is 6.13. The molecule has 2 rings (SSSR count). The summed E-state index contributed by atoms with van der Waals surface area (Å²) in [6, 6.07) is 8.16. The molecule has 1 aromatic heterocycles. The van der Waals surface area contributed by atoms with E-state index in [4.69, 9.17) is 16.3 Å². The number of rotatable bonds is 6. The van der Waals surface area contributed by atoms with Crippen molar-refractivity contribution in [3.63, 3.8) is 0 Å². The van der Waals surface area contributed by atoms with Crippen molar-refractivity contribution in [2.24, 2.45) is 0 Å². The Morgan fingerprint density at radius 1 is 1.14 bits per heavy atom. The highest BCUT2D eigenvalue weighted by atomic mass is 35.5. The lowest BCUT2D eigenvalue weighted by Crippen LogP contribution is -1.98. The van der Waals surface area contributed by atoms with Gasteiger partial charge in [0.15, 0.2) is 0 Å². The summed E-state index contributed by atoms with van der Waals surface area (Å²) in [5.74, 6) is 1.88. The van der Waals surface area contributed by atoms with Crippen molar-refractivity contribution in [2.75, 3.05) is 0 Å². The summed E-state index contributed by atoms with van der Waals surface area (Å²) < 4.78 is 5.88. The van der Waals surface area contributed by atoms with Crippen LogP contribution in [0.25, 0.3) is 0 Å². The average molecular weight is 305 g/mol. The van der Waals surface area contributed by atoms with Gasteiger partial charge in [-0.05, 0) is 36.5 Å². The molecule has 3 nitrogen and oxygen atoms in total. The van der Waals surface area contributed by atoms with Crippen molar-refractivity contribution < 1.29 is 4.74 Å². The lowest BCUT2D eigenvalue weighted by Gasteiger charge is -2.12. The third-order valence-corrected chi connectivity index (χ3v) is 3.95. The topological polar surface area (TPSA) is 35.0 Å². The van der Waals surface area contributed by atoms with Crippen LogP contribution in [-0.2, 0) is 6.42 Å². The van der Waals surface area contributed by atoms with E-state index >= 15 is 0 Å². The standard InChI is InChI=1S/C17H21ClN2O/c1-4-6-15-16(18)19-11-20-17(15)21-14-9-7-13(8-10-14)12(3)5-2/h7-12H,4-6H2,1-3H3. The van der Waals surface area contributed by atoms with Crippen molar-refractivity contribution in [2.45, 2.75) is 46.0 Å². The number of nitrogens with zero attached hydrogens (tertiary/aromatic N) is 2. The second-order valence-electron chi connectivity index (χ2n) is 5.18. The molecule has 0 saturated heterocycles. The molecule has 0 aliphatic carbocycles. The van der Waals surface area contributed by atoms with Crippen LogP contribution in [0.5, 0.6) is 11.6 Å². The fourth-order valence-corrected chi connectivity index (χ4v) is 2.35. The summed E-state index contributed by atoms with van der Waals surface area (Å²) in [5.41, 5.74) is 2.19. The molecule has 1 atom stereocenters. The van der Waals surface area contributed by atoms with E-state index in [0.29, 0.717) is 17.0 Å². The Balaban J connectivity index is 2.20. The van der Waals surface area contributed by atoms with Crippen molar-refractivity contribution in [1.29, 1.82) is 0 Å². The molecule has 1 heterocycles. The van der Waals surface area contributed by atoms with E-state index in [1.54, 1.807) is 0 Å². The van der Waals surface area contributed by atoms with Crippen molar-refractivity contribution in [3.05, 3.63) is 46.9 Å². The van der Waals surface area contributed by atoms with E-state index < -0.39 is 0 Å². The number of ether oxygens (including phenoxy) is 1. The van der Waals surface area contributed by atoms with Crippen molar-refractivity contribution in [1.82, 2.24) is 9.97 Å².